The standard InChI is InChI=1S/C21H16N4O2/c1-27-18-8-9-19-20(12-18)24-21(23-19)14(13-22)11-16-3-2-10-25(16)15-4-6-17(26)7-5-15/h2-12,26H,1H3,(H,23,24)/b14-11-. The quantitative estimate of drug-likeness (QED) is 0.538. The maximum atomic E-state index is 9.66. The van der Waals surface area contributed by atoms with Crippen LogP contribution in [0.5, 0.6) is 11.5 Å². The van der Waals surface area contributed by atoms with Gasteiger partial charge in [-0.3, -0.25) is 0 Å². The summed E-state index contributed by atoms with van der Waals surface area (Å²) in [6.45, 7) is 0. The van der Waals surface area contributed by atoms with E-state index in [0.29, 0.717) is 11.4 Å². The maximum Gasteiger partial charge on any atom is 0.149 e. The largest absolute Gasteiger partial charge is 0.508 e. The molecule has 4 aromatic rings. The molecule has 0 fully saturated rings. The number of benzene rings is 2. The number of hydrogen-bond donors (Lipinski definition) is 2. The number of rotatable bonds is 4. The van der Waals surface area contributed by atoms with Crippen molar-refractivity contribution in [3.63, 3.8) is 0 Å². The molecule has 0 aliphatic rings. The van der Waals surface area contributed by atoms with Gasteiger partial charge in [0.2, 0.25) is 0 Å². The van der Waals surface area contributed by atoms with Gasteiger partial charge in [0.25, 0.3) is 0 Å². The zero-order valence-corrected chi connectivity index (χ0v) is 14.5. The first-order valence-corrected chi connectivity index (χ1v) is 8.30. The van der Waals surface area contributed by atoms with Crippen LogP contribution in [0, 0.1) is 11.3 Å². The van der Waals surface area contributed by atoms with Gasteiger partial charge in [-0.25, -0.2) is 4.98 Å². The van der Waals surface area contributed by atoms with Crippen LogP contribution in [-0.2, 0) is 0 Å². The van der Waals surface area contributed by atoms with E-state index in [1.54, 1.807) is 25.3 Å². The van der Waals surface area contributed by atoms with E-state index in [0.717, 1.165) is 28.2 Å². The van der Waals surface area contributed by atoms with Gasteiger partial charge in [0, 0.05) is 23.6 Å². The summed E-state index contributed by atoms with van der Waals surface area (Å²) >= 11 is 0. The third-order valence-corrected chi connectivity index (χ3v) is 4.27. The molecule has 0 radical (unpaired) electrons. The molecule has 4 rings (SSSR count). The average Bonchev–Trinajstić information content (AvgIpc) is 3.32. The van der Waals surface area contributed by atoms with E-state index < -0.39 is 0 Å². The number of phenolic OH excluding ortho intramolecular Hbond substituents is 1. The van der Waals surface area contributed by atoms with Crippen molar-refractivity contribution < 1.29 is 9.84 Å². The Morgan fingerprint density at radius 2 is 2.04 bits per heavy atom. The predicted molar refractivity (Wildman–Crippen MR) is 104 cm³/mol. The highest BCUT2D eigenvalue weighted by Gasteiger charge is 2.10. The van der Waals surface area contributed by atoms with Gasteiger partial charge in [0.1, 0.15) is 23.4 Å². The zero-order valence-electron chi connectivity index (χ0n) is 14.5. The highest BCUT2D eigenvalue weighted by atomic mass is 16.5. The summed E-state index contributed by atoms with van der Waals surface area (Å²) in [7, 11) is 1.61. The van der Waals surface area contributed by atoms with E-state index >= 15 is 0 Å². The smallest absolute Gasteiger partial charge is 0.149 e. The van der Waals surface area contributed by atoms with Crippen molar-refractivity contribution in [3.05, 3.63) is 72.3 Å². The minimum Gasteiger partial charge on any atom is -0.508 e. The van der Waals surface area contributed by atoms with Crippen molar-refractivity contribution in [3.8, 4) is 23.3 Å². The number of imidazole rings is 1. The summed E-state index contributed by atoms with van der Waals surface area (Å²) in [4.78, 5) is 7.69. The molecule has 0 aliphatic carbocycles. The Labute approximate surface area is 155 Å². The number of ether oxygens (including phenoxy) is 1. The number of aromatic amines is 1. The molecule has 0 saturated carbocycles. The van der Waals surface area contributed by atoms with E-state index in [1.807, 2.05) is 53.2 Å². The fourth-order valence-electron chi connectivity index (χ4n) is 2.90. The molecule has 0 spiro atoms. The van der Waals surface area contributed by atoms with Crippen molar-refractivity contribution in [2.45, 2.75) is 0 Å². The van der Waals surface area contributed by atoms with Crippen molar-refractivity contribution >= 4 is 22.7 Å². The van der Waals surface area contributed by atoms with Gasteiger partial charge in [-0.15, -0.1) is 0 Å². The second-order valence-electron chi connectivity index (χ2n) is 5.96. The highest BCUT2D eigenvalue weighted by Crippen LogP contribution is 2.24. The molecule has 2 aromatic heterocycles. The Kier molecular flexibility index (Phi) is 4.11. The molecule has 0 saturated heterocycles. The predicted octanol–water partition coefficient (Wildman–Crippen LogP) is 4.13. The number of allylic oxidation sites excluding steroid dienone is 1. The van der Waals surface area contributed by atoms with Crippen LogP contribution < -0.4 is 4.74 Å². The monoisotopic (exact) mass is 356 g/mol. The summed E-state index contributed by atoms with van der Waals surface area (Å²) in [6.07, 6.45) is 3.68. The van der Waals surface area contributed by atoms with Crippen LogP contribution in [0.4, 0.5) is 0 Å². The number of hydrogen-bond acceptors (Lipinski definition) is 4. The number of methoxy groups -OCH3 is 1. The lowest BCUT2D eigenvalue weighted by Gasteiger charge is -2.07. The van der Waals surface area contributed by atoms with Crippen LogP contribution in [0.15, 0.2) is 60.8 Å². The lowest BCUT2D eigenvalue weighted by molar-refractivity contribution is 0.415. The number of aromatic hydroxyl groups is 1. The lowest BCUT2D eigenvalue weighted by atomic mass is 10.2. The molecule has 2 N–H and O–H groups in total. The molecule has 0 bridgehead atoms. The summed E-state index contributed by atoms with van der Waals surface area (Å²) in [6, 6.07) is 18.4. The van der Waals surface area contributed by atoms with Gasteiger partial charge in [0.15, 0.2) is 0 Å². The van der Waals surface area contributed by atoms with Crippen LogP contribution >= 0.6 is 0 Å². The first-order chi connectivity index (χ1) is 13.2. The SMILES string of the molecule is COc1ccc2nc(/C(C#N)=C\c3cccn3-c3ccc(O)cc3)[nH]c2c1. The summed E-state index contributed by atoms with van der Waals surface area (Å²) in [5.41, 5.74) is 3.70. The number of fused-ring (bicyclic) bond motifs is 1. The normalized spacial score (nSPS) is 11.5. The fraction of sp³-hybridized carbons (Fsp3) is 0.0476. The van der Waals surface area contributed by atoms with E-state index in [2.05, 4.69) is 16.0 Å². The van der Waals surface area contributed by atoms with Crippen molar-refractivity contribution in [2.24, 2.45) is 0 Å². The van der Waals surface area contributed by atoms with Crippen molar-refractivity contribution in [1.29, 1.82) is 5.26 Å². The van der Waals surface area contributed by atoms with Gasteiger partial charge < -0.3 is 19.4 Å². The Bertz CT molecular complexity index is 1180. The third kappa shape index (κ3) is 3.14. The molecular formula is C21H16N4O2. The van der Waals surface area contributed by atoms with E-state index in [-0.39, 0.29) is 5.75 Å². The van der Waals surface area contributed by atoms with Crippen LogP contribution in [0.1, 0.15) is 11.5 Å². The molecule has 0 atom stereocenters. The number of H-pyrrole nitrogens is 1. The van der Waals surface area contributed by atoms with Gasteiger partial charge in [0.05, 0.1) is 23.7 Å². The maximum absolute atomic E-state index is 9.66. The van der Waals surface area contributed by atoms with Crippen molar-refractivity contribution in [1.82, 2.24) is 14.5 Å². The van der Waals surface area contributed by atoms with Gasteiger partial charge in [-0.05, 0) is 54.6 Å². The van der Waals surface area contributed by atoms with Gasteiger partial charge in [-0.2, -0.15) is 5.26 Å². The minimum absolute atomic E-state index is 0.207. The molecular weight excluding hydrogens is 340 g/mol. The average molecular weight is 356 g/mol. The highest BCUT2D eigenvalue weighted by molar-refractivity contribution is 5.90. The molecule has 0 amide bonds. The summed E-state index contributed by atoms with van der Waals surface area (Å²) in [5, 5.41) is 19.1. The lowest BCUT2D eigenvalue weighted by Crippen LogP contribution is -1.95. The molecule has 0 aliphatic heterocycles. The number of nitrogens with one attached hydrogen (secondary N) is 1. The molecule has 2 aromatic carbocycles. The summed E-state index contributed by atoms with van der Waals surface area (Å²) < 4.78 is 7.16. The zero-order chi connectivity index (χ0) is 18.8. The Balaban J connectivity index is 1.76. The van der Waals surface area contributed by atoms with Crippen LogP contribution in [-0.4, -0.2) is 26.8 Å². The molecule has 0 unspecified atom stereocenters. The number of nitriles is 1. The van der Waals surface area contributed by atoms with Crippen LogP contribution in [0.25, 0.3) is 28.4 Å². The Morgan fingerprint density at radius 1 is 1.22 bits per heavy atom. The molecule has 6 heteroatoms. The van der Waals surface area contributed by atoms with E-state index in [1.165, 1.54) is 0 Å². The first-order valence-electron chi connectivity index (χ1n) is 8.30. The molecule has 132 valence electrons. The first kappa shape index (κ1) is 16.5. The molecule has 2 heterocycles. The van der Waals surface area contributed by atoms with E-state index in [4.69, 9.17) is 4.74 Å². The van der Waals surface area contributed by atoms with Crippen LogP contribution in [0.2, 0.25) is 0 Å². The number of aromatic nitrogens is 3. The topological polar surface area (TPSA) is 86.9 Å². The molecule has 27 heavy (non-hydrogen) atoms. The minimum atomic E-state index is 0.207. The van der Waals surface area contributed by atoms with Gasteiger partial charge in [-0.1, -0.05) is 0 Å². The second kappa shape index (κ2) is 6.73. The third-order valence-electron chi connectivity index (χ3n) is 4.27. The Hall–Kier alpha value is -3.98. The number of phenols is 1. The van der Waals surface area contributed by atoms with Crippen molar-refractivity contribution in [2.75, 3.05) is 7.11 Å². The second-order valence-corrected chi connectivity index (χ2v) is 5.96. The fourth-order valence-corrected chi connectivity index (χ4v) is 2.90. The number of nitrogens with zero attached hydrogens (tertiary/aromatic N) is 3. The summed E-state index contributed by atoms with van der Waals surface area (Å²) in [5.74, 6) is 1.43. The molecule has 6 nitrogen and oxygen atoms in total. The van der Waals surface area contributed by atoms with Gasteiger partial charge >= 0.3 is 0 Å². The Morgan fingerprint density at radius 3 is 2.78 bits per heavy atom. The van der Waals surface area contributed by atoms with E-state index in [9.17, 15) is 10.4 Å². The van der Waals surface area contributed by atoms with Crippen LogP contribution in [0.3, 0.4) is 0 Å².